The molecule has 0 saturated heterocycles. The fourth-order valence-electron chi connectivity index (χ4n) is 2.09. The topological polar surface area (TPSA) is 50.4 Å². The Morgan fingerprint density at radius 3 is 2.36 bits per heavy atom. The van der Waals surface area contributed by atoms with Crippen molar-refractivity contribution in [2.24, 2.45) is 0 Å². The van der Waals surface area contributed by atoms with E-state index < -0.39 is 0 Å². The van der Waals surface area contributed by atoms with Crippen molar-refractivity contribution >= 4 is 23.3 Å². The van der Waals surface area contributed by atoms with Gasteiger partial charge in [0.05, 0.1) is 6.54 Å². The highest BCUT2D eigenvalue weighted by molar-refractivity contribution is 6.30. The summed E-state index contributed by atoms with van der Waals surface area (Å²) in [6, 6.07) is 12.8. The second-order valence-electron chi connectivity index (χ2n) is 5.06. The number of nitrogens with one attached hydrogen (secondary N) is 2. The first-order valence-corrected chi connectivity index (χ1v) is 7.42. The summed E-state index contributed by atoms with van der Waals surface area (Å²) < 4.78 is 5.50. The number of carbonyl (C=O) groups excluding carboxylic acids is 1. The van der Waals surface area contributed by atoms with E-state index in [1.807, 2.05) is 26.0 Å². The van der Waals surface area contributed by atoms with Crippen LogP contribution in [0.1, 0.15) is 11.1 Å². The molecule has 0 saturated carbocycles. The lowest BCUT2D eigenvalue weighted by Gasteiger charge is -2.10. The Labute approximate surface area is 135 Å². The van der Waals surface area contributed by atoms with Crippen molar-refractivity contribution < 1.29 is 9.53 Å². The zero-order valence-corrected chi connectivity index (χ0v) is 13.4. The Kier molecular flexibility index (Phi) is 5.67. The molecule has 0 heterocycles. The van der Waals surface area contributed by atoms with E-state index in [9.17, 15) is 4.79 Å². The smallest absolute Gasteiger partial charge is 0.319 e. The van der Waals surface area contributed by atoms with E-state index in [4.69, 9.17) is 16.3 Å². The van der Waals surface area contributed by atoms with Gasteiger partial charge in [-0.25, -0.2) is 4.79 Å². The lowest BCUT2D eigenvalue weighted by Crippen LogP contribution is -2.32. The molecule has 2 aromatic carbocycles. The molecule has 0 atom stereocenters. The monoisotopic (exact) mass is 318 g/mol. The number of anilines is 1. The molecule has 4 nitrogen and oxygen atoms in total. The third kappa shape index (κ3) is 5.30. The quantitative estimate of drug-likeness (QED) is 0.813. The van der Waals surface area contributed by atoms with Crippen LogP contribution in [-0.4, -0.2) is 19.2 Å². The average Bonchev–Trinajstić information content (AvgIpc) is 2.44. The molecule has 0 aliphatic heterocycles. The van der Waals surface area contributed by atoms with Gasteiger partial charge in [0.15, 0.2) is 0 Å². The minimum absolute atomic E-state index is 0.246. The number of urea groups is 1. The minimum atomic E-state index is -0.246. The molecule has 2 rings (SSSR count). The molecule has 2 N–H and O–H groups in total. The summed E-state index contributed by atoms with van der Waals surface area (Å²) in [7, 11) is 0. The highest BCUT2D eigenvalue weighted by atomic mass is 35.5. The first kappa shape index (κ1) is 16.2. The SMILES string of the molecule is Cc1cc(C)cc(NC(=O)NCCOc2ccc(Cl)cc2)c1. The average molecular weight is 319 g/mol. The van der Waals surface area contributed by atoms with Crippen molar-refractivity contribution in [3.8, 4) is 5.75 Å². The van der Waals surface area contributed by atoms with Crippen molar-refractivity contribution in [3.05, 3.63) is 58.6 Å². The van der Waals surface area contributed by atoms with E-state index in [0.29, 0.717) is 18.2 Å². The highest BCUT2D eigenvalue weighted by Gasteiger charge is 2.02. The Balaban J connectivity index is 1.72. The maximum Gasteiger partial charge on any atom is 0.319 e. The van der Waals surface area contributed by atoms with E-state index in [2.05, 4.69) is 16.7 Å². The van der Waals surface area contributed by atoms with Gasteiger partial charge >= 0.3 is 6.03 Å². The van der Waals surface area contributed by atoms with E-state index in [-0.39, 0.29) is 6.03 Å². The summed E-state index contributed by atoms with van der Waals surface area (Å²) in [6.07, 6.45) is 0. The van der Waals surface area contributed by atoms with Gasteiger partial charge in [-0.2, -0.15) is 0 Å². The number of hydrogen-bond donors (Lipinski definition) is 2. The Morgan fingerprint density at radius 2 is 1.73 bits per heavy atom. The lowest BCUT2D eigenvalue weighted by atomic mass is 10.1. The van der Waals surface area contributed by atoms with Crippen LogP contribution in [0, 0.1) is 13.8 Å². The molecule has 22 heavy (non-hydrogen) atoms. The van der Waals surface area contributed by atoms with Crippen molar-refractivity contribution in [2.45, 2.75) is 13.8 Å². The largest absolute Gasteiger partial charge is 0.492 e. The Morgan fingerprint density at radius 1 is 1.09 bits per heavy atom. The Hall–Kier alpha value is -2.20. The molecule has 0 unspecified atom stereocenters. The molecule has 5 heteroatoms. The van der Waals surface area contributed by atoms with Crippen LogP contribution in [0.5, 0.6) is 5.75 Å². The molecular formula is C17H19ClN2O2. The van der Waals surface area contributed by atoms with E-state index in [1.54, 1.807) is 24.3 Å². The number of hydrogen-bond acceptors (Lipinski definition) is 2. The van der Waals surface area contributed by atoms with Crippen LogP contribution in [0.2, 0.25) is 5.02 Å². The molecule has 0 spiro atoms. The van der Waals surface area contributed by atoms with Crippen LogP contribution >= 0.6 is 11.6 Å². The minimum Gasteiger partial charge on any atom is -0.492 e. The molecule has 0 aliphatic rings. The lowest BCUT2D eigenvalue weighted by molar-refractivity contribution is 0.247. The second kappa shape index (κ2) is 7.71. The number of aryl methyl sites for hydroxylation is 2. The number of carbonyl (C=O) groups is 1. The zero-order valence-electron chi connectivity index (χ0n) is 12.7. The van der Waals surface area contributed by atoms with Crippen LogP contribution in [0.4, 0.5) is 10.5 Å². The number of ether oxygens (including phenoxy) is 1. The molecule has 0 aliphatic carbocycles. The summed E-state index contributed by atoms with van der Waals surface area (Å²) in [5, 5.41) is 6.22. The third-order valence-electron chi connectivity index (χ3n) is 2.95. The van der Waals surface area contributed by atoms with Gasteiger partial charge in [-0.3, -0.25) is 0 Å². The molecule has 0 bridgehead atoms. The van der Waals surface area contributed by atoms with Crippen molar-refractivity contribution in [1.82, 2.24) is 5.32 Å². The third-order valence-corrected chi connectivity index (χ3v) is 3.20. The number of rotatable bonds is 5. The van der Waals surface area contributed by atoms with Gasteiger partial charge in [0, 0.05) is 10.7 Å². The molecule has 0 aromatic heterocycles. The Bertz CT molecular complexity index is 621. The second-order valence-corrected chi connectivity index (χ2v) is 5.50. The van der Waals surface area contributed by atoms with Gasteiger partial charge in [0.25, 0.3) is 0 Å². The molecule has 0 fully saturated rings. The van der Waals surface area contributed by atoms with Gasteiger partial charge in [0.2, 0.25) is 0 Å². The highest BCUT2D eigenvalue weighted by Crippen LogP contribution is 2.15. The van der Waals surface area contributed by atoms with Crippen LogP contribution in [0.25, 0.3) is 0 Å². The van der Waals surface area contributed by atoms with Gasteiger partial charge in [-0.15, -0.1) is 0 Å². The summed E-state index contributed by atoms with van der Waals surface area (Å²) in [6.45, 7) is 4.80. The zero-order chi connectivity index (χ0) is 15.9. The van der Waals surface area contributed by atoms with Gasteiger partial charge in [-0.1, -0.05) is 17.7 Å². The maximum absolute atomic E-state index is 11.8. The van der Waals surface area contributed by atoms with Crippen molar-refractivity contribution in [2.75, 3.05) is 18.5 Å². The molecule has 2 amide bonds. The van der Waals surface area contributed by atoms with E-state index in [1.165, 1.54) is 0 Å². The van der Waals surface area contributed by atoms with Gasteiger partial charge in [-0.05, 0) is 61.4 Å². The summed E-state index contributed by atoms with van der Waals surface area (Å²) in [5.74, 6) is 0.723. The van der Waals surface area contributed by atoms with Crippen LogP contribution < -0.4 is 15.4 Å². The standard InChI is InChI=1S/C17H19ClN2O2/c1-12-9-13(2)11-15(10-12)20-17(21)19-7-8-22-16-5-3-14(18)4-6-16/h3-6,9-11H,7-8H2,1-2H3,(H2,19,20,21). The molecule has 116 valence electrons. The van der Waals surface area contributed by atoms with E-state index >= 15 is 0 Å². The van der Waals surface area contributed by atoms with E-state index in [0.717, 1.165) is 22.6 Å². The fraction of sp³-hybridized carbons (Fsp3) is 0.235. The summed E-state index contributed by atoms with van der Waals surface area (Å²) in [4.78, 5) is 11.8. The number of benzene rings is 2. The van der Waals surface area contributed by atoms with Gasteiger partial charge in [0.1, 0.15) is 12.4 Å². The maximum atomic E-state index is 11.8. The van der Waals surface area contributed by atoms with Crippen LogP contribution in [-0.2, 0) is 0 Å². The fourth-order valence-corrected chi connectivity index (χ4v) is 2.21. The van der Waals surface area contributed by atoms with Crippen LogP contribution in [0.15, 0.2) is 42.5 Å². The predicted octanol–water partition coefficient (Wildman–Crippen LogP) is 4.16. The molecule has 2 aromatic rings. The predicted molar refractivity (Wildman–Crippen MR) is 89.9 cm³/mol. The first-order valence-electron chi connectivity index (χ1n) is 7.04. The van der Waals surface area contributed by atoms with Crippen LogP contribution in [0.3, 0.4) is 0 Å². The summed E-state index contributed by atoms with van der Waals surface area (Å²) >= 11 is 5.79. The van der Waals surface area contributed by atoms with Crippen molar-refractivity contribution in [1.29, 1.82) is 0 Å². The molecular weight excluding hydrogens is 300 g/mol. The summed E-state index contributed by atoms with van der Waals surface area (Å²) in [5.41, 5.74) is 3.01. The van der Waals surface area contributed by atoms with Gasteiger partial charge < -0.3 is 15.4 Å². The first-order chi connectivity index (χ1) is 10.5. The molecule has 0 radical (unpaired) electrons. The number of halogens is 1. The van der Waals surface area contributed by atoms with Crippen molar-refractivity contribution in [3.63, 3.8) is 0 Å². The number of amides is 2. The normalized spacial score (nSPS) is 10.1.